The molecule has 0 radical (unpaired) electrons. The van der Waals surface area contributed by atoms with Crippen molar-refractivity contribution < 1.29 is 0 Å². The smallest absolute Gasteiger partial charge is 0.0702 e. The monoisotopic (exact) mass is 262 g/mol. The molecule has 2 aromatic rings. The molecule has 2 heteroatoms. The summed E-state index contributed by atoms with van der Waals surface area (Å²) in [6, 6.07) is 15.7. The number of rotatable bonds is 2. The highest BCUT2D eigenvalue weighted by atomic mass is 15.0. The molecule has 1 N–H and O–H groups in total. The van der Waals surface area contributed by atoms with E-state index in [4.69, 9.17) is 0 Å². The first-order valence-electron chi connectivity index (χ1n) is 7.36. The van der Waals surface area contributed by atoms with Gasteiger partial charge in [-0.05, 0) is 30.4 Å². The van der Waals surface area contributed by atoms with Crippen molar-refractivity contribution >= 4 is 0 Å². The predicted octanol–water partition coefficient (Wildman–Crippen LogP) is 3.73. The minimum absolute atomic E-state index is 0.441. The van der Waals surface area contributed by atoms with Gasteiger partial charge in [0.05, 0.1) is 5.69 Å². The second-order valence-electron chi connectivity index (χ2n) is 5.72. The highest BCUT2D eigenvalue weighted by Gasteiger charge is 2.32. The third-order valence-corrected chi connectivity index (χ3v) is 4.44. The summed E-state index contributed by atoms with van der Waals surface area (Å²) in [6.07, 6.45) is 9.29. The largest absolute Gasteiger partial charge is 0.303 e. The topological polar surface area (TPSA) is 24.9 Å². The third-order valence-electron chi connectivity index (χ3n) is 4.44. The summed E-state index contributed by atoms with van der Waals surface area (Å²) in [4.78, 5) is 4.64. The molecule has 2 aliphatic heterocycles. The highest BCUT2D eigenvalue weighted by molar-refractivity contribution is 5.58. The number of hydrogen-bond donors (Lipinski definition) is 1. The maximum Gasteiger partial charge on any atom is 0.0702 e. The Balaban J connectivity index is 1.61. The number of hydrogen-bond acceptors (Lipinski definition) is 2. The molecule has 100 valence electrons. The van der Waals surface area contributed by atoms with Crippen molar-refractivity contribution in [3.05, 3.63) is 66.4 Å². The van der Waals surface area contributed by atoms with Gasteiger partial charge in [-0.25, -0.2) is 0 Å². The van der Waals surface area contributed by atoms with Crippen LogP contribution in [0.2, 0.25) is 0 Å². The van der Waals surface area contributed by atoms with Gasteiger partial charge in [0, 0.05) is 23.8 Å². The lowest BCUT2D eigenvalue weighted by molar-refractivity contribution is 0.275. The molecule has 3 atom stereocenters. The molecule has 5 rings (SSSR count). The van der Waals surface area contributed by atoms with Gasteiger partial charge in [-0.2, -0.15) is 0 Å². The van der Waals surface area contributed by atoms with E-state index in [1.165, 1.54) is 24.0 Å². The van der Waals surface area contributed by atoms with Gasteiger partial charge in [-0.15, -0.1) is 0 Å². The molecule has 2 nitrogen and oxygen atoms in total. The van der Waals surface area contributed by atoms with Crippen LogP contribution >= 0.6 is 0 Å². The SMILES string of the molecule is C1=CC2CCC1NC2c1ccc(-c2ccccc2)nc1. The first kappa shape index (κ1) is 11.9. The molecule has 1 fully saturated rings. The third kappa shape index (κ3) is 2.06. The zero-order chi connectivity index (χ0) is 13.4. The number of nitrogens with one attached hydrogen (secondary N) is 1. The average Bonchev–Trinajstić information content (AvgIpc) is 2.57. The summed E-state index contributed by atoms with van der Waals surface area (Å²) in [7, 11) is 0. The number of benzene rings is 1. The van der Waals surface area contributed by atoms with E-state index in [0.29, 0.717) is 18.0 Å². The van der Waals surface area contributed by atoms with E-state index in [0.717, 1.165) is 5.69 Å². The Kier molecular flexibility index (Phi) is 2.89. The van der Waals surface area contributed by atoms with Crippen LogP contribution in [0.25, 0.3) is 11.3 Å². The molecule has 3 heterocycles. The van der Waals surface area contributed by atoms with Crippen LogP contribution in [0, 0.1) is 5.92 Å². The van der Waals surface area contributed by atoms with E-state index >= 15 is 0 Å². The van der Waals surface area contributed by atoms with Gasteiger partial charge in [0.25, 0.3) is 0 Å². The Labute approximate surface area is 119 Å². The number of piperidine rings is 1. The van der Waals surface area contributed by atoms with Crippen LogP contribution in [0.1, 0.15) is 24.4 Å². The molecule has 0 amide bonds. The summed E-state index contributed by atoms with van der Waals surface area (Å²) in [5.41, 5.74) is 3.53. The number of aromatic nitrogens is 1. The van der Waals surface area contributed by atoms with Crippen LogP contribution < -0.4 is 5.32 Å². The predicted molar refractivity (Wildman–Crippen MR) is 81.2 cm³/mol. The van der Waals surface area contributed by atoms with E-state index in [1.54, 1.807) is 0 Å². The van der Waals surface area contributed by atoms with Gasteiger partial charge in [-0.3, -0.25) is 4.98 Å². The van der Waals surface area contributed by atoms with Gasteiger partial charge in [0.15, 0.2) is 0 Å². The van der Waals surface area contributed by atoms with Crippen molar-refractivity contribution in [3.63, 3.8) is 0 Å². The fourth-order valence-electron chi connectivity index (χ4n) is 3.32. The summed E-state index contributed by atoms with van der Waals surface area (Å²) < 4.78 is 0. The van der Waals surface area contributed by atoms with Gasteiger partial charge < -0.3 is 5.32 Å². The minimum Gasteiger partial charge on any atom is -0.303 e. The van der Waals surface area contributed by atoms with Gasteiger partial charge in [-0.1, -0.05) is 48.6 Å². The van der Waals surface area contributed by atoms with Crippen molar-refractivity contribution in [3.8, 4) is 11.3 Å². The van der Waals surface area contributed by atoms with Crippen molar-refractivity contribution in [2.45, 2.75) is 24.9 Å². The maximum absolute atomic E-state index is 4.64. The Morgan fingerprint density at radius 3 is 2.45 bits per heavy atom. The normalized spacial score (nSPS) is 27.7. The highest BCUT2D eigenvalue weighted by Crippen LogP contribution is 2.36. The summed E-state index contributed by atoms with van der Waals surface area (Å²) in [5, 5.41) is 3.70. The zero-order valence-electron chi connectivity index (χ0n) is 11.4. The van der Waals surface area contributed by atoms with Crippen molar-refractivity contribution in [2.24, 2.45) is 5.92 Å². The van der Waals surface area contributed by atoms with E-state index in [2.05, 4.69) is 58.9 Å². The fraction of sp³-hybridized carbons (Fsp3) is 0.278. The molecule has 0 spiro atoms. The maximum atomic E-state index is 4.64. The molecule has 0 saturated carbocycles. The molecule has 1 saturated heterocycles. The molecule has 2 bridgehead atoms. The van der Waals surface area contributed by atoms with Crippen molar-refractivity contribution in [1.82, 2.24) is 10.3 Å². The number of nitrogens with zero attached hydrogens (tertiary/aromatic N) is 1. The summed E-state index contributed by atoms with van der Waals surface area (Å²) in [5.74, 6) is 0.629. The van der Waals surface area contributed by atoms with Crippen LogP contribution in [0.4, 0.5) is 0 Å². The molecule has 1 aliphatic carbocycles. The van der Waals surface area contributed by atoms with Crippen LogP contribution in [-0.4, -0.2) is 11.0 Å². The minimum atomic E-state index is 0.441. The lowest BCUT2D eigenvalue weighted by atomic mass is 9.79. The van der Waals surface area contributed by atoms with E-state index in [1.807, 2.05) is 12.3 Å². The number of fused-ring (bicyclic) bond motifs is 2. The van der Waals surface area contributed by atoms with E-state index in [9.17, 15) is 0 Å². The quantitative estimate of drug-likeness (QED) is 0.834. The van der Waals surface area contributed by atoms with Gasteiger partial charge in [0.1, 0.15) is 0 Å². The molecule has 1 aromatic heterocycles. The first-order chi connectivity index (χ1) is 9.90. The lowest BCUT2D eigenvalue weighted by Crippen LogP contribution is -2.43. The van der Waals surface area contributed by atoms with Crippen LogP contribution in [0.5, 0.6) is 0 Å². The second-order valence-corrected chi connectivity index (χ2v) is 5.72. The number of pyridine rings is 1. The Morgan fingerprint density at radius 2 is 1.85 bits per heavy atom. The molecule has 1 aromatic carbocycles. The first-order valence-corrected chi connectivity index (χ1v) is 7.36. The molecule has 20 heavy (non-hydrogen) atoms. The van der Waals surface area contributed by atoms with E-state index < -0.39 is 0 Å². The molecular weight excluding hydrogens is 244 g/mol. The molecule has 3 aliphatic rings. The molecule has 3 unspecified atom stereocenters. The zero-order valence-corrected chi connectivity index (χ0v) is 11.4. The lowest BCUT2D eigenvalue weighted by Gasteiger charge is -2.39. The Hall–Kier alpha value is -1.93. The molecular formula is C18H18N2. The van der Waals surface area contributed by atoms with Gasteiger partial charge >= 0.3 is 0 Å². The van der Waals surface area contributed by atoms with Crippen molar-refractivity contribution in [2.75, 3.05) is 0 Å². The van der Waals surface area contributed by atoms with Gasteiger partial charge in [0.2, 0.25) is 0 Å². The van der Waals surface area contributed by atoms with Crippen LogP contribution in [0.3, 0.4) is 0 Å². The van der Waals surface area contributed by atoms with Crippen molar-refractivity contribution in [1.29, 1.82) is 0 Å². The van der Waals surface area contributed by atoms with Crippen LogP contribution in [-0.2, 0) is 0 Å². The average molecular weight is 262 g/mol. The van der Waals surface area contributed by atoms with E-state index in [-0.39, 0.29) is 0 Å². The second kappa shape index (κ2) is 4.88. The Bertz CT molecular complexity index is 616. The summed E-state index contributed by atoms with van der Waals surface area (Å²) >= 11 is 0. The Morgan fingerprint density at radius 1 is 0.950 bits per heavy atom. The standard InChI is InChI=1S/C18H18N2/c1-2-4-13(5-3-1)17-11-8-15(12-19-17)18-14-6-9-16(20-18)10-7-14/h1-6,8-9,11-12,14,16,18,20H,7,10H2. The fourth-order valence-corrected chi connectivity index (χ4v) is 3.32. The summed E-state index contributed by atoms with van der Waals surface area (Å²) in [6.45, 7) is 0. The van der Waals surface area contributed by atoms with Crippen LogP contribution in [0.15, 0.2) is 60.8 Å².